The first kappa shape index (κ1) is 16.7. The first-order valence-electron chi connectivity index (χ1n) is 5.33. The van der Waals surface area contributed by atoms with E-state index >= 15 is 0 Å². The number of anilines is 1. The molecule has 9 heteroatoms. The molecule has 0 fully saturated rings. The zero-order valence-corrected chi connectivity index (χ0v) is 14.7. The number of hydrogen-bond donors (Lipinski definition) is 1. The van der Waals surface area contributed by atoms with E-state index in [4.69, 9.17) is 11.6 Å². The van der Waals surface area contributed by atoms with Gasteiger partial charge in [0.25, 0.3) is 10.0 Å². The third-order valence-electron chi connectivity index (χ3n) is 2.43. The summed E-state index contributed by atoms with van der Waals surface area (Å²) in [7, 11) is -4.02. The van der Waals surface area contributed by atoms with Gasteiger partial charge >= 0.3 is 0 Å². The molecule has 2 aromatic rings. The Bertz CT molecular complexity index is 792. The van der Waals surface area contributed by atoms with Crippen molar-refractivity contribution in [2.24, 2.45) is 0 Å². The fraction of sp³-hybridized carbons (Fsp3) is 0. The summed E-state index contributed by atoms with van der Waals surface area (Å²) in [5, 5.41) is -0.108. The van der Waals surface area contributed by atoms with Crippen molar-refractivity contribution in [3.05, 3.63) is 55.9 Å². The molecule has 0 heterocycles. The maximum Gasteiger partial charge on any atom is 0.263 e. The molecule has 0 bridgehead atoms. The van der Waals surface area contributed by atoms with Crippen LogP contribution in [0.1, 0.15) is 0 Å². The second kappa shape index (κ2) is 6.20. The van der Waals surface area contributed by atoms with Crippen LogP contribution in [0.3, 0.4) is 0 Å². The van der Waals surface area contributed by atoms with Gasteiger partial charge in [-0.3, -0.25) is 4.72 Å². The van der Waals surface area contributed by atoms with E-state index in [1.165, 1.54) is 0 Å². The third-order valence-corrected chi connectivity index (χ3v) is 5.68. The number of sulfonamides is 1. The van der Waals surface area contributed by atoms with Crippen LogP contribution in [0.4, 0.5) is 14.5 Å². The molecular formula is C12H6Br2ClF2NO2S. The van der Waals surface area contributed by atoms with E-state index in [0.29, 0.717) is 0 Å². The van der Waals surface area contributed by atoms with Crippen molar-refractivity contribution in [3.8, 4) is 0 Å². The minimum Gasteiger partial charge on any atom is -0.277 e. The molecule has 1 N–H and O–H groups in total. The van der Waals surface area contributed by atoms with E-state index in [-0.39, 0.29) is 24.6 Å². The average molecular weight is 462 g/mol. The van der Waals surface area contributed by atoms with Crippen LogP contribution in [0.5, 0.6) is 0 Å². The Labute approximate surface area is 141 Å². The van der Waals surface area contributed by atoms with Crippen molar-refractivity contribution < 1.29 is 17.2 Å². The Balaban J connectivity index is 2.47. The van der Waals surface area contributed by atoms with Crippen LogP contribution < -0.4 is 4.72 Å². The number of hydrogen-bond acceptors (Lipinski definition) is 2. The van der Waals surface area contributed by atoms with Gasteiger partial charge in [0.1, 0.15) is 16.5 Å². The lowest BCUT2D eigenvalue weighted by Gasteiger charge is -2.12. The summed E-state index contributed by atoms with van der Waals surface area (Å²) in [6.45, 7) is 0. The Morgan fingerprint density at radius 3 is 2.19 bits per heavy atom. The van der Waals surface area contributed by atoms with Crippen molar-refractivity contribution >= 4 is 59.2 Å². The zero-order valence-electron chi connectivity index (χ0n) is 10.0. The summed E-state index contributed by atoms with van der Waals surface area (Å²) in [4.78, 5) is -0.170. The van der Waals surface area contributed by atoms with Crippen molar-refractivity contribution in [1.82, 2.24) is 0 Å². The first-order chi connectivity index (χ1) is 9.70. The largest absolute Gasteiger partial charge is 0.277 e. The SMILES string of the molecule is O=S(=O)(Nc1c(Cl)cc(F)cc1Br)c1ccc(F)cc1Br. The fourth-order valence-electron chi connectivity index (χ4n) is 1.52. The number of halogens is 5. The second-order valence-corrected chi connectivity index (χ2v) is 7.69. The quantitative estimate of drug-likeness (QED) is 0.704. The van der Waals surface area contributed by atoms with E-state index in [1.54, 1.807) is 0 Å². The highest BCUT2D eigenvalue weighted by atomic mass is 79.9. The Morgan fingerprint density at radius 1 is 1.00 bits per heavy atom. The molecule has 2 aromatic carbocycles. The fourth-order valence-corrected chi connectivity index (χ4v) is 4.76. The van der Waals surface area contributed by atoms with E-state index < -0.39 is 21.7 Å². The second-order valence-electron chi connectivity index (χ2n) is 3.92. The third kappa shape index (κ3) is 3.74. The molecule has 0 aromatic heterocycles. The standard InChI is InChI=1S/C12H6Br2ClF2NO2S/c13-8-3-6(16)1-2-11(8)21(19,20)18-12-9(14)4-7(17)5-10(12)15/h1-5,18H. The van der Waals surface area contributed by atoms with Crippen LogP contribution in [0.2, 0.25) is 5.02 Å². The van der Waals surface area contributed by atoms with Gasteiger partial charge in [-0.05, 0) is 62.2 Å². The van der Waals surface area contributed by atoms with Gasteiger partial charge < -0.3 is 0 Å². The molecule has 0 saturated carbocycles. The lowest BCUT2D eigenvalue weighted by molar-refractivity contribution is 0.598. The van der Waals surface area contributed by atoms with E-state index in [2.05, 4.69) is 36.6 Å². The van der Waals surface area contributed by atoms with Crippen LogP contribution in [-0.2, 0) is 10.0 Å². The number of nitrogens with one attached hydrogen (secondary N) is 1. The molecule has 2 rings (SSSR count). The Morgan fingerprint density at radius 2 is 1.62 bits per heavy atom. The molecular weight excluding hydrogens is 455 g/mol. The van der Waals surface area contributed by atoms with Crippen molar-refractivity contribution in [3.63, 3.8) is 0 Å². The molecule has 0 radical (unpaired) electrons. The number of benzene rings is 2. The van der Waals surface area contributed by atoms with Gasteiger partial charge in [-0.2, -0.15) is 0 Å². The lowest BCUT2D eigenvalue weighted by atomic mass is 10.3. The summed E-state index contributed by atoms with van der Waals surface area (Å²) in [5.41, 5.74) is -0.00529. The lowest BCUT2D eigenvalue weighted by Crippen LogP contribution is -2.14. The molecule has 0 aliphatic heterocycles. The van der Waals surface area contributed by atoms with Crippen molar-refractivity contribution in [2.45, 2.75) is 4.90 Å². The topological polar surface area (TPSA) is 46.2 Å². The highest BCUT2D eigenvalue weighted by Crippen LogP contribution is 2.34. The zero-order chi connectivity index (χ0) is 15.8. The predicted molar refractivity (Wildman–Crippen MR) is 84.0 cm³/mol. The minimum absolute atomic E-state index is 0.00529. The maximum absolute atomic E-state index is 13.1. The molecule has 3 nitrogen and oxygen atoms in total. The van der Waals surface area contributed by atoms with E-state index in [0.717, 1.165) is 30.3 Å². The summed E-state index contributed by atoms with van der Waals surface area (Å²) in [6.07, 6.45) is 0. The van der Waals surface area contributed by atoms with Crippen LogP contribution in [0, 0.1) is 11.6 Å². The molecule has 112 valence electrons. The average Bonchev–Trinajstić information content (AvgIpc) is 2.33. The Hall–Kier alpha value is -0.700. The molecule has 21 heavy (non-hydrogen) atoms. The molecule has 0 unspecified atom stereocenters. The van der Waals surface area contributed by atoms with Gasteiger partial charge in [-0.1, -0.05) is 11.6 Å². The number of rotatable bonds is 3. The van der Waals surface area contributed by atoms with Crippen LogP contribution in [-0.4, -0.2) is 8.42 Å². The van der Waals surface area contributed by atoms with Gasteiger partial charge in [0.05, 0.1) is 10.7 Å². The monoisotopic (exact) mass is 459 g/mol. The van der Waals surface area contributed by atoms with E-state index in [1.807, 2.05) is 0 Å². The summed E-state index contributed by atoms with van der Waals surface area (Å²) < 4.78 is 53.2. The smallest absolute Gasteiger partial charge is 0.263 e. The summed E-state index contributed by atoms with van der Waals surface area (Å²) >= 11 is 11.8. The van der Waals surface area contributed by atoms with Crippen LogP contribution in [0.15, 0.2) is 44.2 Å². The predicted octanol–water partition coefficient (Wildman–Crippen LogP) is 4.94. The van der Waals surface area contributed by atoms with Gasteiger partial charge in [0, 0.05) is 8.95 Å². The minimum atomic E-state index is -4.02. The molecule has 0 spiro atoms. The van der Waals surface area contributed by atoms with Gasteiger partial charge in [0.2, 0.25) is 0 Å². The molecule has 0 saturated heterocycles. The molecule has 0 aliphatic rings. The normalized spacial score (nSPS) is 11.5. The first-order valence-corrected chi connectivity index (χ1v) is 8.78. The van der Waals surface area contributed by atoms with E-state index in [9.17, 15) is 17.2 Å². The van der Waals surface area contributed by atoms with Gasteiger partial charge in [0.15, 0.2) is 0 Å². The maximum atomic E-state index is 13.1. The van der Waals surface area contributed by atoms with Gasteiger partial charge in [-0.15, -0.1) is 0 Å². The van der Waals surface area contributed by atoms with Gasteiger partial charge in [-0.25, -0.2) is 17.2 Å². The van der Waals surface area contributed by atoms with Crippen LogP contribution >= 0.6 is 43.5 Å². The summed E-state index contributed by atoms with van der Waals surface area (Å²) in [6, 6.07) is 5.19. The highest BCUT2D eigenvalue weighted by molar-refractivity contribution is 9.11. The summed E-state index contributed by atoms with van der Waals surface area (Å²) in [5.74, 6) is -1.19. The molecule has 0 atom stereocenters. The molecule has 0 aliphatic carbocycles. The van der Waals surface area contributed by atoms with Crippen molar-refractivity contribution in [1.29, 1.82) is 0 Å². The Kier molecular flexibility index (Phi) is 4.92. The van der Waals surface area contributed by atoms with Crippen molar-refractivity contribution in [2.75, 3.05) is 4.72 Å². The highest BCUT2D eigenvalue weighted by Gasteiger charge is 2.21. The van der Waals surface area contributed by atoms with Crippen LogP contribution in [0.25, 0.3) is 0 Å². The molecule has 0 amide bonds.